The topological polar surface area (TPSA) is 0 Å². The van der Waals surface area contributed by atoms with Gasteiger partial charge in [-0.2, -0.15) is 0 Å². The summed E-state index contributed by atoms with van der Waals surface area (Å²) in [5.41, 5.74) is 2.69. The second-order valence-electron chi connectivity index (χ2n) is 5.26. The third-order valence-electron chi connectivity index (χ3n) is 3.95. The Morgan fingerprint density at radius 2 is 1.50 bits per heavy atom. The predicted octanol–water partition coefficient (Wildman–Crippen LogP) is 1.54. The lowest BCUT2D eigenvalue weighted by Gasteiger charge is -2.36. The fraction of sp³-hybridized carbons (Fsp3) is 0.222. The lowest BCUT2D eigenvalue weighted by Crippen LogP contribution is -3.00. The molecule has 2 aromatic rings. The average molecular weight is 288 g/mol. The van der Waals surface area contributed by atoms with Gasteiger partial charge < -0.3 is 12.4 Å². The Kier molecular flexibility index (Phi) is 6.00. The molecule has 20 heavy (non-hydrogen) atoms. The summed E-state index contributed by atoms with van der Waals surface area (Å²) in [4.78, 5) is 0. The first-order chi connectivity index (χ1) is 9.15. The van der Waals surface area contributed by atoms with Gasteiger partial charge in [0.25, 0.3) is 0 Å². The normalized spacial score (nSPS) is 14.7. The summed E-state index contributed by atoms with van der Waals surface area (Å²) in [6.45, 7) is 7.27. The van der Waals surface area contributed by atoms with Crippen molar-refractivity contribution in [2.75, 3.05) is 7.05 Å². The molecule has 0 N–H and O–H groups in total. The first-order valence-electron chi connectivity index (χ1n) is 6.73. The molecule has 2 unspecified atom stereocenters. The molecular formula is C18H22ClN. The van der Waals surface area contributed by atoms with E-state index in [1.54, 1.807) is 0 Å². The SMILES string of the molecule is C=C[N+](C)(Cc1ccccc1)C(C)c1ccccc1.[Cl-]. The summed E-state index contributed by atoms with van der Waals surface area (Å²) in [5, 5.41) is 0. The minimum Gasteiger partial charge on any atom is -1.00 e. The number of benzene rings is 2. The number of nitrogens with zero attached hydrogens (tertiary/aromatic N) is 1. The van der Waals surface area contributed by atoms with Crippen molar-refractivity contribution < 1.29 is 16.9 Å². The molecule has 2 atom stereocenters. The van der Waals surface area contributed by atoms with E-state index in [0.29, 0.717) is 6.04 Å². The zero-order chi connectivity index (χ0) is 13.7. The predicted molar refractivity (Wildman–Crippen MR) is 81.4 cm³/mol. The number of quaternary nitrogens is 1. The van der Waals surface area contributed by atoms with Gasteiger partial charge in [-0.3, -0.25) is 4.48 Å². The van der Waals surface area contributed by atoms with Crippen LogP contribution in [0.2, 0.25) is 0 Å². The van der Waals surface area contributed by atoms with E-state index in [2.05, 4.69) is 81.2 Å². The zero-order valence-corrected chi connectivity index (χ0v) is 12.9. The van der Waals surface area contributed by atoms with Gasteiger partial charge >= 0.3 is 0 Å². The highest BCUT2D eigenvalue weighted by Crippen LogP contribution is 2.29. The van der Waals surface area contributed by atoms with Crippen molar-refractivity contribution in [2.45, 2.75) is 19.5 Å². The molecule has 0 aliphatic carbocycles. The van der Waals surface area contributed by atoms with Gasteiger partial charge in [-0.15, -0.1) is 0 Å². The molecule has 1 nitrogen and oxygen atoms in total. The Labute approximate surface area is 128 Å². The summed E-state index contributed by atoms with van der Waals surface area (Å²) < 4.78 is 0.800. The standard InChI is InChI=1S/C18H22N.ClH/c1-4-19(3,15-17-11-7-5-8-12-17)16(2)18-13-9-6-10-14-18;/h4-14,16H,1,15H2,2-3H3;1H/q+1;/p-1. The van der Waals surface area contributed by atoms with E-state index in [9.17, 15) is 0 Å². The van der Waals surface area contributed by atoms with Crippen molar-refractivity contribution in [1.29, 1.82) is 0 Å². The molecule has 0 saturated heterocycles. The molecule has 2 heteroatoms. The van der Waals surface area contributed by atoms with Crippen LogP contribution in [-0.4, -0.2) is 11.5 Å². The van der Waals surface area contributed by atoms with Crippen molar-refractivity contribution in [3.05, 3.63) is 84.6 Å². The molecule has 106 valence electrons. The minimum atomic E-state index is 0. The average Bonchev–Trinajstić information content (AvgIpc) is 2.48. The molecule has 0 bridgehead atoms. The van der Waals surface area contributed by atoms with Gasteiger partial charge in [0.1, 0.15) is 12.6 Å². The van der Waals surface area contributed by atoms with E-state index < -0.39 is 0 Å². The van der Waals surface area contributed by atoms with Crippen LogP contribution in [0.25, 0.3) is 0 Å². The van der Waals surface area contributed by atoms with E-state index in [0.717, 1.165) is 11.0 Å². The van der Waals surface area contributed by atoms with E-state index in [1.165, 1.54) is 11.1 Å². The summed E-state index contributed by atoms with van der Waals surface area (Å²) in [6, 6.07) is 21.6. The second kappa shape index (κ2) is 7.28. The van der Waals surface area contributed by atoms with Gasteiger partial charge in [0, 0.05) is 11.1 Å². The van der Waals surface area contributed by atoms with Gasteiger partial charge in [0.05, 0.1) is 13.2 Å². The molecule has 0 fully saturated rings. The van der Waals surface area contributed by atoms with E-state index >= 15 is 0 Å². The summed E-state index contributed by atoms with van der Waals surface area (Å²) in [6.07, 6.45) is 2.05. The van der Waals surface area contributed by atoms with Crippen molar-refractivity contribution in [3.8, 4) is 0 Å². The summed E-state index contributed by atoms with van der Waals surface area (Å²) in [7, 11) is 2.23. The third-order valence-corrected chi connectivity index (χ3v) is 3.95. The summed E-state index contributed by atoms with van der Waals surface area (Å²) in [5.74, 6) is 0. The van der Waals surface area contributed by atoms with E-state index in [4.69, 9.17) is 0 Å². The molecule has 0 heterocycles. The third kappa shape index (κ3) is 3.72. The van der Waals surface area contributed by atoms with Crippen molar-refractivity contribution in [3.63, 3.8) is 0 Å². The quantitative estimate of drug-likeness (QED) is 0.732. The Morgan fingerprint density at radius 3 is 2.00 bits per heavy atom. The number of hydrogen-bond acceptors (Lipinski definition) is 0. The van der Waals surface area contributed by atoms with Crippen molar-refractivity contribution in [2.24, 2.45) is 0 Å². The number of hydrogen-bond donors (Lipinski definition) is 0. The fourth-order valence-corrected chi connectivity index (χ4v) is 2.41. The molecule has 0 aliphatic heterocycles. The van der Waals surface area contributed by atoms with Crippen LogP contribution in [-0.2, 0) is 6.54 Å². The van der Waals surface area contributed by atoms with Crippen LogP contribution in [0, 0.1) is 0 Å². The van der Waals surface area contributed by atoms with Gasteiger partial charge in [-0.25, -0.2) is 0 Å². The van der Waals surface area contributed by atoms with Crippen LogP contribution in [0.4, 0.5) is 0 Å². The lowest BCUT2D eigenvalue weighted by molar-refractivity contribution is -0.902. The Balaban J connectivity index is 0.00000200. The molecular weight excluding hydrogens is 266 g/mol. The fourth-order valence-electron chi connectivity index (χ4n) is 2.41. The Morgan fingerprint density at radius 1 is 1.00 bits per heavy atom. The van der Waals surface area contributed by atoms with Crippen LogP contribution in [0.1, 0.15) is 24.1 Å². The van der Waals surface area contributed by atoms with Crippen LogP contribution >= 0.6 is 0 Å². The van der Waals surface area contributed by atoms with Gasteiger partial charge in [-0.05, 0) is 13.5 Å². The van der Waals surface area contributed by atoms with Crippen molar-refractivity contribution in [1.82, 2.24) is 0 Å². The number of rotatable bonds is 5. The highest BCUT2D eigenvalue weighted by Gasteiger charge is 2.27. The maximum atomic E-state index is 4.05. The number of halogens is 1. The summed E-state index contributed by atoms with van der Waals surface area (Å²) >= 11 is 0. The molecule has 0 aromatic heterocycles. The van der Waals surface area contributed by atoms with Crippen LogP contribution < -0.4 is 12.4 Å². The highest BCUT2D eigenvalue weighted by atomic mass is 35.5. The molecule has 0 radical (unpaired) electrons. The van der Waals surface area contributed by atoms with Gasteiger partial charge in [-0.1, -0.05) is 60.7 Å². The molecule has 0 aliphatic rings. The van der Waals surface area contributed by atoms with Gasteiger partial charge in [0.15, 0.2) is 0 Å². The molecule has 0 spiro atoms. The van der Waals surface area contributed by atoms with E-state index in [-0.39, 0.29) is 12.4 Å². The van der Waals surface area contributed by atoms with Crippen molar-refractivity contribution >= 4 is 0 Å². The molecule has 0 amide bonds. The first kappa shape index (κ1) is 16.5. The molecule has 2 aromatic carbocycles. The highest BCUT2D eigenvalue weighted by molar-refractivity contribution is 5.18. The van der Waals surface area contributed by atoms with Gasteiger partial charge in [0.2, 0.25) is 0 Å². The Bertz CT molecular complexity index is 524. The van der Waals surface area contributed by atoms with Crippen LogP contribution in [0.15, 0.2) is 73.4 Å². The first-order valence-corrected chi connectivity index (χ1v) is 6.73. The second-order valence-corrected chi connectivity index (χ2v) is 5.26. The lowest BCUT2D eigenvalue weighted by atomic mass is 10.0. The molecule has 0 saturated carbocycles. The Hall–Kier alpha value is -1.57. The zero-order valence-electron chi connectivity index (χ0n) is 12.2. The molecule has 2 rings (SSSR count). The smallest absolute Gasteiger partial charge is 0.116 e. The monoisotopic (exact) mass is 287 g/mol. The van der Waals surface area contributed by atoms with Crippen LogP contribution in [0.3, 0.4) is 0 Å². The minimum absolute atomic E-state index is 0. The maximum absolute atomic E-state index is 4.05. The maximum Gasteiger partial charge on any atom is 0.116 e. The largest absolute Gasteiger partial charge is 1.00 e. The van der Waals surface area contributed by atoms with E-state index in [1.807, 2.05) is 6.20 Å². The van der Waals surface area contributed by atoms with Crippen LogP contribution in [0.5, 0.6) is 0 Å².